The van der Waals surface area contributed by atoms with Gasteiger partial charge in [0.05, 0.1) is 5.56 Å². The number of nitrogens with two attached hydrogens (primary N) is 1. The minimum atomic E-state index is -0.886. The van der Waals surface area contributed by atoms with Gasteiger partial charge >= 0.3 is 5.97 Å². The molecule has 1 aliphatic rings. The van der Waals surface area contributed by atoms with Crippen LogP contribution in [0.1, 0.15) is 66.9 Å². The molecule has 4 heteroatoms. The van der Waals surface area contributed by atoms with Crippen LogP contribution in [0, 0.1) is 19.8 Å². The largest absolute Gasteiger partial charge is 0.478 e. The van der Waals surface area contributed by atoms with Gasteiger partial charge in [0.1, 0.15) is 0 Å². The number of hydrogen-bond donors (Lipinski definition) is 2. The number of benzene rings is 2. The Balaban J connectivity index is 0.000000222. The SMILES string of the molecule is CCSCC(N)CC1CCCCC1.Cc1ccc(C(=O)O)c(-c2ccccc2C)c1. The first kappa shape index (κ1) is 24.5. The maximum Gasteiger partial charge on any atom is 0.336 e. The molecule has 1 fully saturated rings. The lowest BCUT2D eigenvalue weighted by Crippen LogP contribution is -2.27. The highest BCUT2D eigenvalue weighted by Gasteiger charge is 2.16. The smallest absolute Gasteiger partial charge is 0.336 e. The average molecular weight is 428 g/mol. The van der Waals surface area contributed by atoms with E-state index in [1.54, 1.807) is 6.07 Å². The highest BCUT2D eigenvalue weighted by atomic mass is 32.2. The Morgan fingerprint density at radius 3 is 2.43 bits per heavy atom. The Morgan fingerprint density at radius 1 is 1.10 bits per heavy atom. The Kier molecular flexibility index (Phi) is 10.5. The molecule has 30 heavy (non-hydrogen) atoms. The van der Waals surface area contributed by atoms with Gasteiger partial charge in [-0.2, -0.15) is 11.8 Å². The van der Waals surface area contributed by atoms with Crippen molar-refractivity contribution < 1.29 is 9.90 Å². The van der Waals surface area contributed by atoms with Crippen molar-refractivity contribution in [2.75, 3.05) is 11.5 Å². The lowest BCUT2D eigenvalue weighted by atomic mass is 9.85. The molecule has 1 atom stereocenters. The van der Waals surface area contributed by atoms with Crippen LogP contribution in [-0.4, -0.2) is 28.6 Å². The molecule has 1 aliphatic carbocycles. The van der Waals surface area contributed by atoms with Gasteiger partial charge in [0, 0.05) is 11.8 Å². The zero-order chi connectivity index (χ0) is 21.9. The summed E-state index contributed by atoms with van der Waals surface area (Å²) in [6.45, 7) is 6.16. The van der Waals surface area contributed by atoms with E-state index in [1.165, 1.54) is 44.3 Å². The third-order valence-electron chi connectivity index (χ3n) is 5.74. The molecule has 2 aromatic carbocycles. The molecule has 3 nitrogen and oxygen atoms in total. The molecule has 3 rings (SSSR count). The lowest BCUT2D eigenvalue weighted by Gasteiger charge is -2.24. The zero-order valence-corrected chi connectivity index (χ0v) is 19.5. The second-order valence-corrected chi connectivity index (χ2v) is 9.65. The normalized spacial score (nSPS) is 15.2. The van der Waals surface area contributed by atoms with Crippen molar-refractivity contribution in [3.63, 3.8) is 0 Å². The molecule has 0 spiro atoms. The number of aromatic carboxylic acids is 1. The molecular formula is C26H37NO2S. The summed E-state index contributed by atoms with van der Waals surface area (Å²) in [5.74, 6) is 2.43. The Morgan fingerprint density at radius 2 is 1.80 bits per heavy atom. The minimum Gasteiger partial charge on any atom is -0.478 e. The molecular weight excluding hydrogens is 390 g/mol. The number of carboxylic acid groups (broad SMARTS) is 1. The third-order valence-corrected chi connectivity index (χ3v) is 6.81. The molecule has 2 aromatic rings. The highest BCUT2D eigenvalue weighted by Crippen LogP contribution is 2.28. The summed E-state index contributed by atoms with van der Waals surface area (Å²) in [7, 11) is 0. The topological polar surface area (TPSA) is 63.3 Å². The maximum atomic E-state index is 11.2. The average Bonchev–Trinajstić information content (AvgIpc) is 2.73. The van der Waals surface area contributed by atoms with Gasteiger partial charge in [-0.1, -0.05) is 81.0 Å². The molecule has 0 aromatic heterocycles. The lowest BCUT2D eigenvalue weighted by molar-refractivity contribution is 0.0697. The van der Waals surface area contributed by atoms with Crippen LogP contribution in [0.5, 0.6) is 0 Å². The van der Waals surface area contributed by atoms with Crippen LogP contribution in [0.3, 0.4) is 0 Å². The van der Waals surface area contributed by atoms with Crippen LogP contribution in [0.2, 0.25) is 0 Å². The van der Waals surface area contributed by atoms with Gasteiger partial charge in [-0.25, -0.2) is 4.79 Å². The molecule has 0 bridgehead atoms. The number of thioether (sulfide) groups is 1. The second-order valence-electron chi connectivity index (χ2n) is 8.33. The van der Waals surface area contributed by atoms with Crippen molar-refractivity contribution >= 4 is 17.7 Å². The molecule has 1 unspecified atom stereocenters. The molecule has 0 saturated heterocycles. The zero-order valence-electron chi connectivity index (χ0n) is 18.7. The van der Waals surface area contributed by atoms with E-state index in [-0.39, 0.29) is 0 Å². The Hall–Kier alpha value is -1.78. The number of carboxylic acids is 1. The number of hydrogen-bond acceptors (Lipinski definition) is 3. The quantitative estimate of drug-likeness (QED) is 0.516. The van der Waals surface area contributed by atoms with Gasteiger partial charge in [0.15, 0.2) is 0 Å². The van der Waals surface area contributed by atoms with Crippen LogP contribution in [-0.2, 0) is 0 Å². The van der Waals surface area contributed by atoms with Crippen molar-refractivity contribution in [3.05, 3.63) is 59.2 Å². The van der Waals surface area contributed by atoms with E-state index in [0.29, 0.717) is 11.6 Å². The number of rotatable bonds is 7. The van der Waals surface area contributed by atoms with E-state index < -0.39 is 5.97 Å². The Labute approximate surface area is 186 Å². The fourth-order valence-electron chi connectivity index (χ4n) is 4.13. The summed E-state index contributed by atoms with van der Waals surface area (Å²) in [6.07, 6.45) is 8.48. The first-order valence-corrected chi connectivity index (χ1v) is 12.3. The van der Waals surface area contributed by atoms with Gasteiger partial charge < -0.3 is 10.8 Å². The first-order chi connectivity index (χ1) is 14.4. The van der Waals surface area contributed by atoms with Crippen LogP contribution < -0.4 is 5.73 Å². The van der Waals surface area contributed by atoms with Crippen LogP contribution in [0.25, 0.3) is 11.1 Å². The van der Waals surface area contributed by atoms with Crippen LogP contribution in [0.15, 0.2) is 42.5 Å². The molecule has 0 radical (unpaired) electrons. The van der Waals surface area contributed by atoms with Gasteiger partial charge in [-0.05, 0) is 54.7 Å². The van der Waals surface area contributed by atoms with Gasteiger partial charge in [0.2, 0.25) is 0 Å². The molecule has 1 saturated carbocycles. The van der Waals surface area contributed by atoms with Gasteiger partial charge in [0.25, 0.3) is 0 Å². The monoisotopic (exact) mass is 427 g/mol. The predicted octanol–water partition coefficient (Wildman–Crippen LogP) is 6.71. The van der Waals surface area contributed by atoms with Crippen LogP contribution in [0.4, 0.5) is 0 Å². The summed E-state index contributed by atoms with van der Waals surface area (Å²) in [5, 5.41) is 9.21. The highest BCUT2D eigenvalue weighted by molar-refractivity contribution is 7.99. The summed E-state index contributed by atoms with van der Waals surface area (Å²) < 4.78 is 0. The van der Waals surface area contributed by atoms with Crippen molar-refractivity contribution in [2.24, 2.45) is 11.7 Å². The summed E-state index contributed by atoms with van der Waals surface area (Å²) in [6, 6.07) is 13.7. The van der Waals surface area contributed by atoms with E-state index in [9.17, 15) is 9.90 Å². The van der Waals surface area contributed by atoms with Crippen molar-refractivity contribution in [3.8, 4) is 11.1 Å². The summed E-state index contributed by atoms with van der Waals surface area (Å²) >= 11 is 1.98. The third kappa shape index (κ3) is 7.81. The Bertz CT molecular complexity index is 799. The van der Waals surface area contributed by atoms with Crippen LogP contribution >= 0.6 is 11.8 Å². The van der Waals surface area contributed by atoms with E-state index in [2.05, 4.69) is 6.92 Å². The van der Waals surface area contributed by atoms with E-state index in [4.69, 9.17) is 5.73 Å². The second kappa shape index (κ2) is 12.8. The van der Waals surface area contributed by atoms with E-state index >= 15 is 0 Å². The van der Waals surface area contributed by atoms with E-state index in [0.717, 1.165) is 33.9 Å². The maximum absolute atomic E-state index is 11.2. The summed E-state index contributed by atoms with van der Waals surface area (Å²) in [4.78, 5) is 11.2. The predicted molar refractivity (Wildman–Crippen MR) is 130 cm³/mol. The van der Waals surface area contributed by atoms with Crippen molar-refractivity contribution in [1.29, 1.82) is 0 Å². The molecule has 3 N–H and O–H groups in total. The number of carbonyl (C=O) groups is 1. The molecule has 164 valence electrons. The molecule has 0 aliphatic heterocycles. The van der Waals surface area contributed by atoms with Crippen molar-refractivity contribution in [1.82, 2.24) is 0 Å². The fourth-order valence-corrected chi connectivity index (χ4v) is 4.81. The van der Waals surface area contributed by atoms with Gasteiger partial charge in [-0.15, -0.1) is 0 Å². The summed E-state index contributed by atoms with van der Waals surface area (Å²) in [5.41, 5.74) is 10.3. The molecule has 0 amide bonds. The molecule has 0 heterocycles. The minimum absolute atomic E-state index is 0.352. The first-order valence-electron chi connectivity index (χ1n) is 11.2. The van der Waals surface area contributed by atoms with Crippen molar-refractivity contribution in [2.45, 2.75) is 65.3 Å². The van der Waals surface area contributed by atoms with Gasteiger partial charge in [-0.3, -0.25) is 0 Å². The van der Waals surface area contributed by atoms with E-state index in [1.807, 2.05) is 62.0 Å². The number of aryl methyl sites for hydroxylation is 2. The standard InChI is InChI=1S/C15H14O2.C11H23NS/c1-10-7-8-13(15(16)17)14(9-10)12-6-4-3-5-11(12)2;1-2-13-9-11(12)8-10-6-4-3-5-7-10/h3-9H,1-2H3,(H,16,17);10-11H,2-9,12H2,1H3. The fraction of sp³-hybridized carbons (Fsp3) is 0.500.